The molecule has 0 aliphatic rings. The average Bonchev–Trinajstić information content (AvgIpc) is 2.68. The van der Waals surface area contributed by atoms with E-state index in [1.807, 2.05) is 25.1 Å². The van der Waals surface area contributed by atoms with Crippen molar-refractivity contribution in [3.05, 3.63) is 58.6 Å². The number of hydrogen-bond acceptors (Lipinski definition) is 4. The molecule has 0 spiro atoms. The molecule has 28 heavy (non-hydrogen) atoms. The summed E-state index contributed by atoms with van der Waals surface area (Å²) in [5.74, 6) is 0.00976. The molecule has 1 N–H and O–H groups in total. The predicted octanol–water partition coefficient (Wildman–Crippen LogP) is 3.91. The van der Waals surface area contributed by atoms with Gasteiger partial charge in [0.2, 0.25) is 11.8 Å². The molecule has 6 nitrogen and oxygen atoms in total. The maximum Gasteiger partial charge on any atom is 0.244 e. The minimum atomic E-state index is -0.305. The van der Waals surface area contributed by atoms with E-state index in [1.54, 1.807) is 37.4 Å². The maximum absolute atomic E-state index is 12.2. The molecule has 0 radical (unpaired) electrons. The summed E-state index contributed by atoms with van der Waals surface area (Å²) < 4.78 is 6.11. The van der Waals surface area contributed by atoms with E-state index in [0.29, 0.717) is 23.6 Å². The Morgan fingerprint density at radius 3 is 2.36 bits per heavy atom. The van der Waals surface area contributed by atoms with Gasteiger partial charge in [0.25, 0.3) is 0 Å². The highest BCUT2D eigenvalue weighted by molar-refractivity contribution is 9.10. The molecule has 0 bridgehead atoms. The molecule has 0 aromatic heterocycles. The second kappa shape index (κ2) is 10.6. The van der Waals surface area contributed by atoms with Gasteiger partial charge in [-0.3, -0.25) is 14.4 Å². The lowest BCUT2D eigenvalue weighted by atomic mass is 10.1. The number of rotatable bonds is 9. The zero-order chi connectivity index (χ0) is 20.5. The first-order valence-electron chi connectivity index (χ1n) is 8.95. The van der Waals surface area contributed by atoms with Gasteiger partial charge in [0, 0.05) is 29.9 Å². The fourth-order valence-electron chi connectivity index (χ4n) is 2.52. The highest BCUT2D eigenvalue weighted by Gasteiger charge is 2.16. The van der Waals surface area contributed by atoms with Gasteiger partial charge in [-0.05, 0) is 59.3 Å². The summed E-state index contributed by atoms with van der Waals surface area (Å²) in [4.78, 5) is 37.9. The van der Waals surface area contributed by atoms with Crippen LogP contribution in [-0.4, -0.2) is 42.7 Å². The standard InChI is InChI=1S/C21H23BrN2O4/c1-3-28-16-10-8-15(9-11-16)19(25)12-13-21(27)24(2)14-20(26)23-18-7-5-4-6-17(18)22/h4-11H,3,12-14H2,1-2H3,(H,23,26). The Morgan fingerprint density at radius 1 is 1.04 bits per heavy atom. The number of carbonyl (C=O) groups is 3. The first-order valence-corrected chi connectivity index (χ1v) is 9.74. The van der Waals surface area contributed by atoms with Gasteiger partial charge < -0.3 is 15.0 Å². The second-order valence-electron chi connectivity index (χ2n) is 6.16. The van der Waals surface area contributed by atoms with Gasteiger partial charge in [-0.25, -0.2) is 0 Å². The number of benzene rings is 2. The van der Waals surface area contributed by atoms with Crippen LogP contribution in [0.2, 0.25) is 0 Å². The minimum absolute atomic E-state index is 0.0465. The highest BCUT2D eigenvalue weighted by Crippen LogP contribution is 2.21. The predicted molar refractivity (Wildman–Crippen MR) is 112 cm³/mol. The number of amides is 2. The summed E-state index contributed by atoms with van der Waals surface area (Å²) in [5, 5.41) is 2.74. The number of likely N-dealkylation sites (N-methyl/N-ethyl adjacent to an activating group) is 1. The number of nitrogens with one attached hydrogen (secondary N) is 1. The summed E-state index contributed by atoms with van der Waals surface area (Å²) in [6.07, 6.45) is 0.133. The monoisotopic (exact) mass is 446 g/mol. The normalized spacial score (nSPS) is 10.2. The van der Waals surface area contributed by atoms with Crippen LogP contribution in [-0.2, 0) is 9.59 Å². The molecule has 0 unspecified atom stereocenters. The zero-order valence-corrected chi connectivity index (χ0v) is 17.5. The fraction of sp³-hybridized carbons (Fsp3) is 0.286. The van der Waals surface area contributed by atoms with Crippen LogP contribution in [0.4, 0.5) is 5.69 Å². The summed E-state index contributed by atoms with van der Waals surface area (Å²) in [7, 11) is 1.54. The van der Waals surface area contributed by atoms with Crippen molar-refractivity contribution in [2.75, 3.05) is 25.5 Å². The van der Waals surface area contributed by atoms with Crippen LogP contribution in [0.15, 0.2) is 53.0 Å². The van der Waals surface area contributed by atoms with Crippen molar-refractivity contribution in [2.45, 2.75) is 19.8 Å². The molecule has 2 rings (SSSR count). The Labute approximate surface area is 173 Å². The molecular weight excluding hydrogens is 424 g/mol. The van der Waals surface area contributed by atoms with E-state index in [1.165, 1.54) is 4.90 Å². The maximum atomic E-state index is 12.2. The number of Topliss-reactive ketones (excluding diaryl/α,β-unsaturated/α-hetero) is 1. The van der Waals surface area contributed by atoms with E-state index in [0.717, 1.165) is 4.47 Å². The van der Waals surface area contributed by atoms with E-state index in [4.69, 9.17) is 4.74 Å². The first kappa shape index (κ1) is 21.6. The summed E-state index contributed by atoms with van der Waals surface area (Å²) >= 11 is 3.36. The van der Waals surface area contributed by atoms with Crippen molar-refractivity contribution in [3.8, 4) is 5.75 Å². The van der Waals surface area contributed by atoms with E-state index < -0.39 is 0 Å². The molecule has 0 atom stereocenters. The van der Waals surface area contributed by atoms with E-state index >= 15 is 0 Å². The van der Waals surface area contributed by atoms with Crippen molar-refractivity contribution in [2.24, 2.45) is 0 Å². The Balaban J connectivity index is 1.80. The fourth-order valence-corrected chi connectivity index (χ4v) is 2.90. The average molecular weight is 447 g/mol. The molecule has 0 fully saturated rings. The van der Waals surface area contributed by atoms with Gasteiger partial charge in [0.05, 0.1) is 18.8 Å². The van der Waals surface area contributed by atoms with E-state index in [-0.39, 0.29) is 37.0 Å². The van der Waals surface area contributed by atoms with Gasteiger partial charge in [-0.2, -0.15) is 0 Å². The molecule has 0 saturated carbocycles. The molecule has 0 heterocycles. The van der Waals surface area contributed by atoms with E-state index in [9.17, 15) is 14.4 Å². The zero-order valence-electron chi connectivity index (χ0n) is 15.9. The number of carbonyl (C=O) groups excluding carboxylic acids is 3. The number of ether oxygens (including phenoxy) is 1. The van der Waals surface area contributed by atoms with Crippen molar-refractivity contribution in [1.29, 1.82) is 0 Å². The third kappa shape index (κ3) is 6.49. The SMILES string of the molecule is CCOc1ccc(C(=O)CCC(=O)N(C)CC(=O)Nc2ccccc2Br)cc1. The van der Waals surface area contributed by atoms with Crippen molar-refractivity contribution >= 4 is 39.2 Å². The van der Waals surface area contributed by atoms with Crippen LogP contribution in [0.25, 0.3) is 0 Å². The van der Waals surface area contributed by atoms with Crippen LogP contribution in [0.5, 0.6) is 5.75 Å². The Hall–Kier alpha value is -2.67. The van der Waals surface area contributed by atoms with Crippen LogP contribution >= 0.6 is 15.9 Å². The lowest BCUT2D eigenvalue weighted by Crippen LogP contribution is -2.35. The Kier molecular flexibility index (Phi) is 8.19. The molecular formula is C21H23BrN2O4. The molecule has 148 valence electrons. The van der Waals surface area contributed by atoms with Gasteiger partial charge in [-0.15, -0.1) is 0 Å². The van der Waals surface area contributed by atoms with Crippen molar-refractivity contribution in [3.63, 3.8) is 0 Å². The third-order valence-corrected chi connectivity index (χ3v) is 4.70. The van der Waals surface area contributed by atoms with Crippen LogP contribution < -0.4 is 10.1 Å². The lowest BCUT2D eigenvalue weighted by molar-refractivity contribution is -0.133. The van der Waals surface area contributed by atoms with Gasteiger partial charge in [-0.1, -0.05) is 12.1 Å². The third-order valence-electron chi connectivity index (χ3n) is 4.01. The van der Waals surface area contributed by atoms with Crippen LogP contribution in [0.3, 0.4) is 0 Å². The molecule has 0 saturated heterocycles. The molecule has 2 aromatic rings. The number of halogens is 1. The van der Waals surface area contributed by atoms with Gasteiger partial charge in [0.15, 0.2) is 5.78 Å². The Morgan fingerprint density at radius 2 is 1.71 bits per heavy atom. The molecule has 0 aliphatic heterocycles. The number of para-hydroxylation sites is 1. The number of anilines is 1. The second-order valence-corrected chi connectivity index (χ2v) is 7.01. The summed E-state index contributed by atoms with van der Waals surface area (Å²) in [6, 6.07) is 14.1. The van der Waals surface area contributed by atoms with Crippen molar-refractivity contribution in [1.82, 2.24) is 4.90 Å². The Bertz CT molecular complexity index is 837. The highest BCUT2D eigenvalue weighted by atomic mass is 79.9. The molecule has 2 amide bonds. The molecule has 7 heteroatoms. The summed E-state index contributed by atoms with van der Waals surface area (Å²) in [5.41, 5.74) is 1.17. The first-order chi connectivity index (χ1) is 13.4. The topological polar surface area (TPSA) is 75.7 Å². The largest absolute Gasteiger partial charge is 0.494 e. The van der Waals surface area contributed by atoms with Gasteiger partial charge in [0.1, 0.15) is 5.75 Å². The van der Waals surface area contributed by atoms with Crippen LogP contribution in [0, 0.1) is 0 Å². The smallest absolute Gasteiger partial charge is 0.244 e. The minimum Gasteiger partial charge on any atom is -0.494 e. The molecule has 0 aliphatic carbocycles. The van der Waals surface area contributed by atoms with Gasteiger partial charge >= 0.3 is 0 Å². The quantitative estimate of drug-likeness (QED) is 0.592. The van der Waals surface area contributed by atoms with Crippen LogP contribution in [0.1, 0.15) is 30.1 Å². The van der Waals surface area contributed by atoms with Crippen molar-refractivity contribution < 1.29 is 19.1 Å². The molecule has 2 aromatic carbocycles. The van der Waals surface area contributed by atoms with E-state index in [2.05, 4.69) is 21.2 Å². The summed E-state index contributed by atoms with van der Waals surface area (Å²) in [6.45, 7) is 2.36. The number of hydrogen-bond donors (Lipinski definition) is 1. The number of ketones is 1. The lowest BCUT2D eigenvalue weighted by Gasteiger charge is -2.17. The number of nitrogens with zero attached hydrogens (tertiary/aromatic N) is 1.